The van der Waals surface area contributed by atoms with Crippen LogP contribution in [0.3, 0.4) is 0 Å². The maximum atomic E-state index is 5.62. The minimum absolute atomic E-state index is 0.776. The van der Waals surface area contributed by atoms with Crippen LogP contribution in [0.1, 0.15) is 26.2 Å². The van der Waals surface area contributed by atoms with E-state index >= 15 is 0 Å². The first-order valence-electron chi connectivity index (χ1n) is 6.08. The van der Waals surface area contributed by atoms with Gasteiger partial charge >= 0.3 is 0 Å². The highest BCUT2D eigenvalue weighted by Gasteiger charge is 2.20. The van der Waals surface area contributed by atoms with E-state index in [1.165, 1.54) is 25.8 Å². The summed E-state index contributed by atoms with van der Waals surface area (Å²) in [4.78, 5) is 2.38. The molecule has 0 bridgehead atoms. The Hall–Kier alpha value is 0.400. The first-order chi connectivity index (χ1) is 7.26. The molecule has 1 atom stereocenters. The van der Waals surface area contributed by atoms with Crippen molar-refractivity contribution in [2.24, 2.45) is 11.8 Å². The van der Waals surface area contributed by atoms with Gasteiger partial charge in [-0.3, -0.25) is 0 Å². The number of alkyl halides is 1. The molecule has 1 unspecified atom stereocenters. The third-order valence-electron chi connectivity index (χ3n) is 3.03. The summed E-state index contributed by atoms with van der Waals surface area (Å²) in [5.41, 5.74) is 0. The van der Waals surface area contributed by atoms with Gasteiger partial charge in [-0.2, -0.15) is 0 Å². The van der Waals surface area contributed by atoms with Crippen molar-refractivity contribution in [3.8, 4) is 0 Å². The number of likely N-dealkylation sites (N-methyl/N-ethyl adjacent to an activating group) is 1. The van der Waals surface area contributed by atoms with E-state index in [4.69, 9.17) is 4.74 Å². The summed E-state index contributed by atoms with van der Waals surface area (Å²) >= 11 is 3.56. The Balaban J connectivity index is 1.93. The van der Waals surface area contributed by atoms with E-state index < -0.39 is 0 Å². The molecule has 0 aliphatic heterocycles. The summed E-state index contributed by atoms with van der Waals surface area (Å²) < 4.78 is 5.62. The maximum absolute atomic E-state index is 5.62. The van der Waals surface area contributed by atoms with E-state index in [1.54, 1.807) is 0 Å². The lowest BCUT2D eigenvalue weighted by Gasteiger charge is -2.21. The molecule has 0 radical (unpaired) electrons. The Morgan fingerprint density at radius 1 is 1.47 bits per heavy atom. The van der Waals surface area contributed by atoms with Crippen molar-refractivity contribution in [3.05, 3.63) is 0 Å². The molecule has 0 spiro atoms. The molecule has 0 aromatic heterocycles. The van der Waals surface area contributed by atoms with Crippen LogP contribution in [-0.4, -0.2) is 43.6 Å². The Kier molecular flexibility index (Phi) is 6.86. The zero-order valence-corrected chi connectivity index (χ0v) is 11.6. The second-order valence-electron chi connectivity index (χ2n) is 4.71. The van der Waals surface area contributed by atoms with Gasteiger partial charge in [0, 0.05) is 25.0 Å². The number of ether oxygens (including phenoxy) is 1. The lowest BCUT2D eigenvalue weighted by molar-refractivity contribution is 0.0999. The summed E-state index contributed by atoms with van der Waals surface area (Å²) in [7, 11) is 2.19. The van der Waals surface area contributed by atoms with Gasteiger partial charge in [0.1, 0.15) is 0 Å². The summed E-state index contributed by atoms with van der Waals surface area (Å²) in [6.07, 6.45) is 4.02. The van der Waals surface area contributed by atoms with E-state index in [2.05, 4.69) is 34.8 Å². The quantitative estimate of drug-likeness (QED) is 0.475. The van der Waals surface area contributed by atoms with Crippen molar-refractivity contribution in [2.75, 3.05) is 38.7 Å². The summed E-state index contributed by atoms with van der Waals surface area (Å²) in [5, 5.41) is 1.11. The molecule has 0 aromatic carbocycles. The van der Waals surface area contributed by atoms with Crippen LogP contribution in [0.4, 0.5) is 0 Å². The smallest absolute Gasteiger partial charge is 0.0593 e. The first kappa shape index (κ1) is 13.5. The highest BCUT2D eigenvalue weighted by molar-refractivity contribution is 9.09. The molecule has 2 nitrogen and oxygen atoms in total. The third kappa shape index (κ3) is 6.54. The Labute approximate surface area is 102 Å². The molecule has 0 amide bonds. The molecule has 15 heavy (non-hydrogen) atoms. The van der Waals surface area contributed by atoms with E-state index in [0.717, 1.165) is 36.9 Å². The maximum Gasteiger partial charge on any atom is 0.0593 e. The fourth-order valence-electron chi connectivity index (χ4n) is 1.57. The lowest BCUT2D eigenvalue weighted by Crippen LogP contribution is -2.29. The largest absolute Gasteiger partial charge is 0.380 e. The molecule has 1 fully saturated rings. The molecule has 90 valence electrons. The Morgan fingerprint density at radius 3 is 2.73 bits per heavy atom. The van der Waals surface area contributed by atoms with Gasteiger partial charge in [0.15, 0.2) is 0 Å². The fraction of sp³-hybridized carbons (Fsp3) is 1.00. The molecule has 0 saturated heterocycles. The van der Waals surface area contributed by atoms with E-state index in [0.29, 0.717) is 0 Å². The van der Waals surface area contributed by atoms with Gasteiger partial charge in [0.05, 0.1) is 6.61 Å². The molecule has 3 heteroatoms. The Morgan fingerprint density at radius 2 is 2.20 bits per heavy atom. The van der Waals surface area contributed by atoms with Crippen LogP contribution in [0.25, 0.3) is 0 Å². The normalized spacial score (nSPS) is 18.4. The summed E-state index contributed by atoms with van der Waals surface area (Å²) in [5.74, 6) is 1.67. The van der Waals surface area contributed by atoms with E-state index in [9.17, 15) is 0 Å². The third-order valence-corrected chi connectivity index (χ3v) is 3.95. The monoisotopic (exact) mass is 277 g/mol. The second-order valence-corrected chi connectivity index (χ2v) is 5.36. The molecular formula is C12H24BrNO. The molecule has 1 aliphatic rings. The predicted octanol–water partition coefficient (Wildman–Crippen LogP) is 2.77. The van der Waals surface area contributed by atoms with Crippen LogP contribution in [0.15, 0.2) is 0 Å². The zero-order valence-electron chi connectivity index (χ0n) is 10.0. The first-order valence-corrected chi connectivity index (χ1v) is 7.20. The van der Waals surface area contributed by atoms with E-state index in [-0.39, 0.29) is 0 Å². The van der Waals surface area contributed by atoms with Gasteiger partial charge < -0.3 is 9.64 Å². The summed E-state index contributed by atoms with van der Waals surface area (Å²) in [6.45, 7) is 6.38. The molecule has 0 N–H and O–H groups in total. The van der Waals surface area contributed by atoms with Crippen LogP contribution in [-0.2, 0) is 4.74 Å². The van der Waals surface area contributed by atoms with Gasteiger partial charge in [-0.1, -0.05) is 29.3 Å². The molecular weight excluding hydrogens is 254 g/mol. The number of nitrogens with zero attached hydrogens (tertiary/aromatic N) is 1. The number of hydrogen-bond donors (Lipinski definition) is 0. The highest BCUT2D eigenvalue weighted by atomic mass is 79.9. The van der Waals surface area contributed by atoms with Crippen LogP contribution < -0.4 is 0 Å². The van der Waals surface area contributed by atoms with Gasteiger partial charge in [-0.15, -0.1) is 0 Å². The fourth-order valence-corrected chi connectivity index (χ4v) is 2.24. The van der Waals surface area contributed by atoms with Crippen LogP contribution in [0.2, 0.25) is 0 Å². The van der Waals surface area contributed by atoms with E-state index in [1.807, 2.05) is 0 Å². The number of hydrogen-bond acceptors (Lipinski definition) is 2. The topological polar surface area (TPSA) is 12.5 Å². The standard InChI is InChI=1S/C12H24BrNO/c1-3-11(8-13)9-14(2)6-7-15-10-12-4-5-12/h11-12H,3-10H2,1-2H3. The average molecular weight is 278 g/mol. The molecule has 0 heterocycles. The van der Waals surface area contributed by atoms with Crippen molar-refractivity contribution in [2.45, 2.75) is 26.2 Å². The van der Waals surface area contributed by atoms with Crippen molar-refractivity contribution in [3.63, 3.8) is 0 Å². The van der Waals surface area contributed by atoms with Crippen LogP contribution in [0.5, 0.6) is 0 Å². The number of halogens is 1. The second kappa shape index (κ2) is 7.64. The Bertz CT molecular complexity index is 158. The zero-order chi connectivity index (χ0) is 11.1. The minimum atomic E-state index is 0.776. The van der Waals surface area contributed by atoms with Crippen LogP contribution >= 0.6 is 15.9 Å². The molecule has 1 rings (SSSR count). The molecule has 1 saturated carbocycles. The predicted molar refractivity (Wildman–Crippen MR) is 68.6 cm³/mol. The SMILES string of the molecule is CCC(CBr)CN(C)CCOCC1CC1. The van der Waals surface area contributed by atoms with Crippen molar-refractivity contribution in [1.82, 2.24) is 4.90 Å². The lowest BCUT2D eigenvalue weighted by atomic mass is 10.1. The number of rotatable bonds is 9. The highest BCUT2D eigenvalue weighted by Crippen LogP contribution is 2.28. The van der Waals surface area contributed by atoms with Gasteiger partial charge in [-0.05, 0) is 31.7 Å². The van der Waals surface area contributed by atoms with Gasteiger partial charge in [0.2, 0.25) is 0 Å². The average Bonchev–Trinajstić information content (AvgIpc) is 3.05. The summed E-state index contributed by atoms with van der Waals surface area (Å²) in [6, 6.07) is 0. The molecule has 1 aliphatic carbocycles. The van der Waals surface area contributed by atoms with Crippen molar-refractivity contribution in [1.29, 1.82) is 0 Å². The van der Waals surface area contributed by atoms with Gasteiger partial charge in [-0.25, -0.2) is 0 Å². The van der Waals surface area contributed by atoms with Crippen molar-refractivity contribution < 1.29 is 4.74 Å². The molecule has 0 aromatic rings. The van der Waals surface area contributed by atoms with Gasteiger partial charge in [0.25, 0.3) is 0 Å². The van der Waals surface area contributed by atoms with Crippen molar-refractivity contribution >= 4 is 15.9 Å². The van der Waals surface area contributed by atoms with Crippen LogP contribution in [0, 0.1) is 11.8 Å². The minimum Gasteiger partial charge on any atom is -0.380 e.